The fourth-order valence-electron chi connectivity index (χ4n) is 1.76. The van der Waals surface area contributed by atoms with Gasteiger partial charge in [0, 0.05) is 12.2 Å². The van der Waals surface area contributed by atoms with Crippen LogP contribution in [0.15, 0.2) is 25.3 Å². The highest BCUT2D eigenvalue weighted by Gasteiger charge is 2.45. The molecule has 0 heterocycles. The lowest BCUT2D eigenvalue weighted by atomic mass is 10.1. The summed E-state index contributed by atoms with van der Waals surface area (Å²) in [6.07, 6.45) is 7.87. The molecule has 0 N–H and O–H groups in total. The fraction of sp³-hybridized carbons (Fsp3) is 0.571. The first-order valence-corrected chi connectivity index (χ1v) is 6.26. The van der Waals surface area contributed by atoms with Crippen molar-refractivity contribution in [3.63, 3.8) is 0 Å². The Morgan fingerprint density at radius 2 is 1.72 bits per heavy atom. The van der Waals surface area contributed by atoms with Crippen molar-refractivity contribution in [1.29, 1.82) is 0 Å². The topological polar surface area (TPSA) is 52.6 Å². The molecule has 0 aromatic carbocycles. The number of esters is 2. The van der Waals surface area contributed by atoms with Gasteiger partial charge in [-0.05, 0) is 38.5 Å². The Kier molecular flexibility index (Phi) is 5.62. The fourth-order valence-corrected chi connectivity index (χ4v) is 1.76. The van der Waals surface area contributed by atoms with E-state index in [1.54, 1.807) is 0 Å². The molecular formula is C14H20O4. The molecule has 0 aromatic rings. The molecule has 18 heavy (non-hydrogen) atoms. The van der Waals surface area contributed by atoms with Crippen LogP contribution >= 0.6 is 0 Å². The van der Waals surface area contributed by atoms with Gasteiger partial charge in [0.2, 0.25) is 0 Å². The predicted molar refractivity (Wildman–Crippen MR) is 67.9 cm³/mol. The SMILES string of the molecule is C=CC(=O)OCCCCCC1(OC(=O)C=C)CC1. The molecule has 1 rings (SSSR count). The van der Waals surface area contributed by atoms with Crippen LogP contribution in [0.5, 0.6) is 0 Å². The van der Waals surface area contributed by atoms with Crippen LogP contribution in [-0.2, 0) is 19.1 Å². The molecule has 0 aliphatic heterocycles. The molecule has 4 heteroatoms. The first-order chi connectivity index (χ1) is 8.62. The molecule has 1 aliphatic rings. The van der Waals surface area contributed by atoms with E-state index in [0.29, 0.717) is 6.61 Å². The lowest BCUT2D eigenvalue weighted by molar-refractivity contribution is -0.145. The Morgan fingerprint density at radius 3 is 2.28 bits per heavy atom. The maximum atomic E-state index is 11.1. The van der Waals surface area contributed by atoms with Crippen LogP contribution in [-0.4, -0.2) is 24.1 Å². The van der Waals surface area contributed by atoms with E-state index < -0.39 is 0 Å². The first kappa shape index (κ1) is 14.5. The minimum absolute atomic E-state index is 0.233. The normalized spacial score (nSPS) is 15.6. The third kappa shape index (κ3) is 5.17. The summed E-state index contributed by atoms with van der Waals surface area (Å²) in [6.45, 7) is 7.13. The average Bonchev–Trinajstić information content (AvgIpc) is 3.13. The van der Waals surface area contributed by atoms with Gasteiger partial charge in [-0.2, -0.15) is 0 Å². The number of carbonyl (C=O) groups is 2. The van der Waals surface area contributed by atoms with Crippen molar-refractivity contribution >= 4 is 11.9 Å². The summed E-state index contributed by atoms with van der Waals surface area (Å²) in [6, 6.07) is 0. The summed E-state index contributed by atoms with van der Waals surface area (Å²) >= 11 is 0. The van der Waals surface area contributed by atoms with Crippen LogP contribution in [0.4, 0.5) is 0 Å². The van der Waals surface area contributed by atoms with E-state index in [2.05, 4.69) is 13.2 Å². The maximum Gasteiger partial charge on any atom is 0.330 e. The van der Waals surface area contributed by atoms with Gasteiger partial charge < -0.3 is 9.47 Å². The lowest BCUT2D eigenvalue weighted by Gasteiger charge is -2.15. The van der Waals surface area contributed by atoms with Gasteiger partial charge in [-0.1, -0.05) is 13.2 Å². The number of hydrogen-bond acceptors (Lipinski definition) is 4. The molecule has 4 nitrogen and oxygen atoms in total. The van der Waals surface area contributed by atoms with Crippen LogP contribution in [0.1, 0.15) is 38.5 Å². The minimum Gasteiger partial charge on any atom is -0.463 e. The molecule has 0 amide bonds. The second-order valence-corrected chi connectivity index (χ2v) is 4.49. The standard InChI is InChI=1S/C14H20O4/c1-3-12(15)17-11-7-5-6-8-14(9-10-14)18-13(16)4-2/h3-4H,1-2,5-11H2. The molecule has 0 saturated heterocycles. The summed E-state index contributed by atoms with van der Waals surface area (Å²) in [5, 5.41) is 0. The highest BCUT2D eigenvalue weighted by molar-refractivity contribution is 5.81. The second kappa shape index (κ2) is 6.99. The third-order valence-electron chi connectivity index (χ3n) is 2.98. The molecule has 1 aliphatic carbocycles. The number of rotatable bonds is 9. The van der Waals surface area contributed by atoms with Crippen molar-refractivity contribution in [2.75, 3.05) is 6.61 Å². The number of carbonyl (C=O) groups excluding carboxylic acids is 2. The lowest BCUT2D eigenvalue weighted by Crippen LogP contribution is -2.18. The summed E-state index contributed by atoms with van der Waals surface area (Å²) in [7, 11) is 0. The number of hydrogen-bond donors (Lipinski definition) is 0. The monoisotopic (exact) mass is 252 g/mol. The zero-order valence-corrected chi connectivity index (χ0v) is 10.7. The number of ether oxygens (including phenoxy) is 2. The van der Waals surface area contributed by atoms with E-state index in [1.807, 2.05) is 0 Å². The summed E-state index contributed by atoms with van der Waals surface area (Å²) in [5.74, 6) is -0.721. The minimum atomic E-state index is -0.381. The van der Waals surface area contributed by atoms with Gasteiger partial charge >= 0.3 is 11.9 Å². The van der Waals surface area contributed by atoms with Crippen LogP contribution in [0.2, 0.25) is 0 Å². The average molecular weight is 252 g/mol. The number of unbranched alkanes of at least 4 members (excludes halogenated alkanes) is 2. The molecule has 1 saturated carbocycles. The Labute approximate surface area is 108 Å². The van der Waals surface area contributed by atoms with E-state index >= 15 is 0 Å². The summed E-state index contributed by atoms with van der Waals surface area (Å²) in [5.41, 5.74) is -0.233. The smallest absolute Gasteiger partial charge is 0.330 e. The Morgan fingerprint density at radius 1 is 1.06 bits per heavy atom. The highest BCUT2D eigenvalue weighted by atomic mass is 16.6. The van der Waals surface area contributed by atoms with Gasteiger partial charge in [-0.25, -0.2) is 9.59 Å². The van der Waals surface area contributed by atoms with Gasteiger partial charge in [0.1, 0.15) is 5.60 Å². The van der Waals surface area contributed by atoms with Crippen molar-refractivity contribution in [2.24, 2.45) is 0 Å². The molecule has 0 atom stereocenters. The second-order valence-electron chi connectivity index (χ2n) is 4.49. The molecule has 0 bridgehead atoms. The van der Waals surface area contributed by atoms with E-state index in [4.69, 9.17) is 9.47 Å². The summed E-state index contributed by atoms with van der Waals surface area (Å²) < 4.78 is 10.2. The Bertz CT molecular complexity index is 329. The maximum absolute atomic E-state index is 11.1. The zero-order chi connectivity index (χ0) is 13.4. The van der Waals surface area contributed by atoms with Crippen molar-refractivity contribution < 1.29 is 19.1 Å². The molecule has 0 radical (unpaired) electrons. The van der Waals surface area contributed by atoms with Crippen molar-refractivity contribution in [2.45, 2.75) is 44.1 Å². The molecular weight excluding hydrogens is 232 g/mol. The Balaban J connectivity index is 2.04. The Hall–Kier alpha value is -1.58. The van der Waals surface area contributed by atoms with Gasteiger partial charge in [0.25, 0.3) is 0 Å². The quantitative estimate of drug-likeness (QED) is 0.359. The predicted octanol–water partition coefficient (Wildman–Crippen LogP) is 2.54. The largest absolute Gasteiger partial charge is 0.463 e. The van der Waals surface area contributed by atoms with Crippen LogP contribution in [0.3, 0.4) is 0 Å². The molecule has 100 valence electrons. The van der Waals surface area contributed by atoms with E-state index in [-0.39, 0.29) is 17.5 Å². The molecule has 1 fully saturated rings. The van der Waals surface area contributed by atoms with Gasteiger partial charge in [0.05, 0.1) is 6.61 Å². The van der Waals surface area contributed by atoms with Gasteiger partial charge in [0.15, 0.2) is 0 Å². The van der Waals surface area contributed by atoms with Crippen molar-refractivity contribution in [3.8, 4) is 0 Å². The molecule has 0 unspecified atom stereocenters. The van der Waals surface area contributed by atoms with Gasteiger partial charge in [-0.15, -0.1) is 0 Å². The molecule has 0 spiro atoms. The van der Waals surface area contributed by atoms with E-state index in [0.717, 1.165) is 44.6 Å². The molecule has 0 aromatic heterocycles. The van der Waals surface area contributed by atoms with Gasteiger partial charge in [-0.3, -0.25) is 0 Å². The van der Waals surface area contributed by atoms with Crippen LogP contribution in [0, 0.1) is 0 Å². The zero-order valence-electron chi connectivity index (χ0n) is 10.7. The van der Waals surface area contributed by atoms with Crippen molar-refractivity contribution in [3.05, 3.63) is 25.3 Å². The van der Waals surface area contributed by atoms with Crippen LogP contribution < -0.4 is 0 Å². The van der Waals surface area contributed by atoms with E-state index in [1.165, 1.54) is 6.08 Å². The van der Waals surface area contributed by atoms with Crippen molar-refractivity contribution in [1.82, 2.24) is 0 Å². The van der Waals surface area contributed by atoms with Crippen LogP contribution in [0.25, 0.3) is 0 Å². The third-order valence-corrected chi connectivity index (χ3v) is 2.98. The summed E-state index contributed by atoms with van der Waals surface area (Å²) in [4.78, 5) is 21.9. The highest BCUT2D eigenvalue weighted by Crippen LogP contribution is 2.44. The first-order valence-electron chi connectivity index (χ1n) is 6.26. The van der Waals surface area contributed by atoms with E-state index in [9.17, 15) is 9.59 Å².